The molecule has 0 fully saturated rings. The van der Waals surface area contributed by atoms with Crippen LogP contribution in [0.1, 0.15) is 6.42 Å². The summed E-state index contributed by atoms with van der Waals surface area (Å²) in [6.45, 7) is 8.49. The molecule has 0 saturated heterocycles. The van der Waals surface area contributed by atoms with E-state index in [0.29, 0.717) is 0 Å². The fourth-order valence-corrected chi connectivity index (χ4v) is 2.52. The van der Waals surface area contributed by atoms with Gasteiger partial charge in [0.05, 0.1) is 8.07 Å². The third-order valence-electron chi connectivity index (χ3n) is 1.39. The smallest absolute Gasteiger partial charge is 0.0590 e. The molecule has 0 heterocycles. The highest BCUT2D eigenvalue weighted by Crippen LogP contribution is 2.14. The van der Waals surface area contributed by atoms with E-state index >= 15 is 0 Å². The first kappa shape index (κ1) is 9.44. The third-order valence-corrected chi connectivity index (χ3v) is 8.31. The van der Waals surface area contributed by atoms with Crippen molar-refractivity contribution in [3.05, 3.63) is 12.7 Å². The first-order valence-corrected chi connectivity index (χ1v) is 7.83. The Hall–Kier alpha value is 0.437. The third kappa shape index (κ3) is 4.91. The Morgan fingerprint density at radius 2 is 2.11 bits per heavy atom. The first-order chi connectivity index (χ1) is 4.12. The van der Waals surface area contributed by atoms with E-state index in [9.17, 15) is 0 Å². The average molecular weight is 207 g/mol. The Balaban J connectivity index is 3.44. The van der Waals surface area contributed by atoms with Crippen LogP contribution >= 0.6 is 15.9 Å². The van der Waals surface area contributed by atoms with Gasteiger partial charge in [-0.25, -0.2) is 0 Å². The van der Waals surface area contributed by atoms with E-state index in [1.807, 2.05) is 6.08 Å². The van der Waals surface area contributed by atoms with E-state index in [2.05, 4.69) is 35.6 Å². The monoisotopic (exact) mass is 206 g/mol. The van der Waals surface area contributed by atoms with E-state index in [1.54, 1.807) is 0 Å². The molecule has 0 rings (SSSR count). The summed E-state index contributed by atoms with van der Waals surface area (Å²) in [6, 6.07) is 1.36. The summed E-state index contributed by atoms with van der Waals surface area (Å²) in [5, 5.41) is 0. The lowest BCUT2D eigenvalue weighted by atomic mass is 10.5. The zero-order valence-corrected chi connectivity index (χ0v) is 8.87. The van der Waals surface area contributed by atoms with Gasteiger partial charge in [0.2, 0.25) is 0 Å². The molecule has 54 valence electrons. The van der Waals surface area contributed by atoms with Gasteiger partial charge in [-0.3, -0.25) is 0 Å². The van der Waals surface area contributed by atoms with Crippen molar-refractivity contribution in [1.82, 2.24) is 0 Å². The molecule has 9 heavy (non-hydrogen) atoms. The summed E-state index contributed by atoms with van der Waals surface area (Å²) in [4.78, 5) is 1.22. The molecule has 0 saturated carbocycles. The maximum Gasteiger partial charge on any atom is 0.0590 e. The molecule has 0 bridgehead atoms. The maximum atomic E-state index is 3.70. The van der Waals surface area contributed by atoms with Gasteiger partial charge in [0.1, 0.15) is 0 Å². The minimum Gasteiger partial charge on any atom is -0.103 e. The van der Waals surface area contributed by atoms with E-state index in [1.165, 1.54) is 17.4 Å². The molecule has 0 nitrogen and oxygen atoms in total. The van der Waals surface area contributed by atoms with Gasteiger partial charge < -0.3 is 0 Å². The fraction of sp³-hybridized carbons (Fsp3) is 0.714. The second-order valence-electron chi connectivity index (χ2n) is 3.13. The van der Waals surface area contributed by atoms with Gasteiger partial charge >= 0.3 is 0 Å². The number of rotatable bonds is 4. The van der Waals surface area contributed by atoms with Gasteiger partial charge in [0, 0.05) is 0 Å². The minimum absolute atomic E-state index is 0.853. The van der Waals surface area contributed by atoms with Crippen molar-refractivity contribution < 1.29 is 0 Å². The predicted octanol–water partition coefficient (Wildman–Crippen LogP) is 3.21. The molecule has 0 spiro atoms. The van der Waals surface area contributed by atoms with Gasteiger partial charge in [-0.05, 0) is 11.4 Å². The molecule has 0 aromatic rings. The van der Waals surface area contributed by atoms with Crippen molar-refractivity contribution in [1.29, 1.82) is 0 Å². The van der Waals surface area contributed by atoms with Crippen LogP contribution in [-0.4, -0.2) is 13.0 Å². The molecule has 0 atom stereocenters. The highest BCUT2D eigenvalue weighted by atomic mass is 79.9. The number of halogens is 1. The lowest BCUT2D eigenvalue weighted by Gasteiger charge is -2.16. The molecule has 0 amide bonds. The van der Waals surface area contributed by atoms with E-state index < -0.39 is 8.07 Å². The van der Waals surface area contributed by atoms with Crippen LogP contribution in [0.5, 0.6) is 0 Å². The summed E-state index contributed by atoms with van der Waals surface area (Å²) >= 11 is 3.53. The summed E-state index contributed by atoms with van der Waals surface area (Å²) in [5.41, 5.74) is 0. The molecule has 0 N–H and O–H groups in total. The highest BCUT2D eigenvalue weighted by molar-refractivity contribution is 9.09. The van der Waals surface area contributed by atoms with Crippen molar-refractivity contribution >= 4 is 24.0 Å². The zero-order valence-electron chi connectivity index (χ0n) is 6.28. The standard InChI is InChI=1S/C7H15BrSi/c1-4-5-6-9(2,3)7-8/h4H,1,5-7H2,2-3H3. The van der Waals surface area contributed by atoms with Gasteiger partial charge in [0.15, 0.2) is 0 Å². The number of allylic oxidation sites excluding steroid dienone is 1. The van der Waals surface area contributed by atoms with Crippen LogP contribution in [0.2, 0.25) is 19.1 Å². The molecular weight excluding hydrogens is 192 g/mol. The van der Waals surface area contributed by atoms with Gasteiger partial charge in [-0.1, -0.05) is 41.1 Å². The number of hydrogen-bond acceptors (Lipinski definition) is 0. The van der Waals surface area contributed by atoms with Gasteiger partial charge in [-0.2, -0.15) is 0 Å². The molecule has 0 aliphatic rings. The topological polar surface area (TPSA) is 0 Å². The van der Waals surface area contributed by atoms with Crippen LogP contribution in [-0.2, 0) is 0 Å². The molecule has 0 aromatic heterocycles. The summed E-state index contributed by atoms with van der Waals surface area (Å²) in [6.07, 6.45) is 3.20. The predicted molar refractivity (Wildman–Crippen MR) is 50.9 cm³/mol. The normalized spacial score (nSPS) is 11.4. The molecule has 0 aliphatic heterocycles. The molecule has 0 radical (unpaired) electrons. The SMILES string of the molecule is C=CCC[Si](C)(C)CBr. The Kier molecular flexibility index (Phi) is 4.49. The van der Waals surface area contributed by atoms with Crippen molar-refractivity contribution in [2.45, 2.75) is 25.6 Å². The first-order valence-electron chi connectivity index (χ1n) is 3.29. The van der Waals surface area contributed by atoms with E-state index in [-0.39, 0.29) is 0 Å². The average Bonchev–Trinajstić information content (AvgIpc) is 1.84. The minimum atomic E-state index is -0.853. The Bertz CT molecular complexity index is 88.9. The van der Waals surface area contributed by atoms with Crippen molar-refractivity contribution in [2.24, 2.45) is 0 Å². The summed E-state index contributed by atoms with van der Waals surface area (Å²) in [7, 11) is -0.853. The quantitative estimate of drug-likeness (QED) is 0.377. The second kappa shape index (κ2) is 4.28. The fourth-order valence-electron chi connectivity index (χ4n) is 0.560. The zero-order chi connectivity index (χ0) is 7.33. The van der Waals surface area contributed by atoms with Crippen LogP contribution in [0.4, 0.5) is 0 Å². The van der Waals surface area contributed by atoms with Crippen LogP contribution in [0.25, 0.3) is 0 Å². The molecule has 2 heteroatoms. The Labute approximate surface area is 67.5 Å². The molecule has 0 aliphatic carbocycles. The lowest BCUT2D eigenvalue weighted by molar-refractivity contribution is 1.16. The Morgan fingerprint density at radius 1 is 1.56 bits per heavy atom. The molecular formula is C7H15BrSi. The van der Waals surface area contributed by atoms with Crippen LogP contribution in [0, 0.1) is 0 Å². The molecule has 0 aromatic carbocycles. The van der Waals surface area contributed by atoms with E-state index in [4.69, 9.17) is 0 Å². The number of hydrogen-bond donors (Lipinski definition) is 0. The summed E-state index contributed by atoms with van der Waals surface area (Å²) < 4.78 is 0. The van der Waals surface area contributed by atoms with Crippen LogP contribution < -0.4 is 0 Å². The highest BCUT2D eigenvalue weighted by Gasteiger charge is 2.16. The van der Waals surface area contributed by atoms with Crippen molar-refractivity contribution in [3.63, 3.8) is 0 Å². The lowest BCUT2D eigenvalue weighted by Crippen LogP contribution is -2.27. The van der Waals surface area contributed by atoms with E-state index in [0.717, 1.165) is 0 Å². The number of alkyl halides is 1. The van der Waals surface area contributed by atoms with Crippen LogP contribution in [0.15, 0.2) is 12.7 Å². The van der Waals surface area contributed by atoms with Crippen molar-refractivity contribution in [3.8, 4) is 0 Å². The largest absolute Gasteiger partial charge is 0.103 e. The van der Waals surface area contributed by atoms with Gasteiger partial charge in [0.25, 0.3) is 0 Å². The summed E-state index contributed by atoms with van der Waals surface area (Å²) in [5.74, 6) is 0. The maximum absolute atomic E-state index is 3.70. The van der Waals surface area contributed by atoms with Crippen LogP contribution in [0.3, 0.4) is 0 Å². The molecule has 0 unspecified atom stereocenters. The van der Waals surface area contributed by atoms with Crippen molar-refractivity contribution in [2.75, 3.05) is 4.95 Å². The second-order valence-corrected chi connectivity index (χ2v) is 9.90. The Morgan fingerprint density at radius 3 is 2.44 bits per heavy atom. The van der Waals surface area contributed by atoms with Gasteiger partial charge in [-0.15, -0.1) is 6.58 Å².